The average Bonchev–Trinajstić information content (AvgIpc) is 3.07. The van der Waals surface area contributed by atoms with E-state index in [0.717, 1.165) is 22.2 Å². The van der Waals surface area contributed by atoms with Crippen LogP contribution in [0.25, 0.3) is 22.3 Å². The van der Waals surface area contributed by atoms with E-state index in [9.17, 15) is 14.7 Å². The molecule has 2 aliphatic rings. The molecule has 0 radical (unpaired) electrons. The lowest BCUT2D eigenvalue weighted by Crippen LogP contribution is -2.44. The number of hydrogen-bond acceptors (Lipinski definition) is 6. The Balaban J connectivity index is 1.76. The molecule has 2 aromatic heterocycles. The van der Waals surface area contributed by atoms with Gasteiger partial charge in [-0.3, -0.25) is 4.79 Å². The molecule has 0 bridgehead atoms. The summed E-state index contributed by atoms with van der Waals surface area (Å²) < 4.78 is 12.0. The van der Waals surface area contributed by atoms with Crippen LogP contribution >= 0.6 is 0 Å². The first-order chi connectivity index (χ1) is 13.5. The maximum Gasteiger partial charge on any atom is 0.343 e. The number of esters is 1. The van der Waals surface area contributed by atoms with Crippen molar-refractivity contribution in [3.63, 3.8) is 0 Å². The first-order valence-electron chi connectivity index (χ1n) is 9.11. The molecule has 3 aromatic rings. The molecular formula is C21H18N2O5. The molecule has 0 spiro atoms. The van der Waals surface area contributed by atoms with Crippen molar-refractivity contribution in [1.82, 2.24) is 9.55 Å². The zero-order chi connectivity index (χ0) is 19.6. The van der Waals surface area contributed by atoms with Crippen molar-refractivity contribution in [2.75, 3.05) is 7.11 Å². The fourth-order valence-corrected chi connectivity index (χ4v) is 4.09. The lowest BCUT2D eigenvalue weighted by molar-refractivity contribution is -0.172. The monoisotopic (exact) mass is 378 g/mol. The number of aromatic nitrogens is 2. The number of nitrogens with zero attached hydrogens (tertiary/aromatic N) is 2. The topological polar surface area (TPSA) is 90.7 Å². The van der Waals surface area contributed by atoms with Gasteiger partial charge >= 0.3 is 5.97 Å². The van der Waals surface area contributed by atoms with E-state index in [2.05, 4.69) is 0 Å². The van der Waals surface area contributed by atoms with Gasteiger partial charge in [0.1, 0.15) is 12.4 Å². The summed E-state index contributed by atoms with van der Waals surface area (Å²) in [5, 5.41) is 11.8. The quantitative estimate of drug-likeness (QED) is 0.537. The molecule has 2 aliphatic heterocycles. The molecule has 0 unspecified atom stereocenters. The number of fused-ring (bicyclic) bond motifs is 5. The van der Waals surface area contributed by atoms with E-state index in [1.165, 1.54) is 0 Å². The van der Waals surface area contributed by atoms with Gasteiger partial charge in [-0.2, -0.15) is 0 Å². The summed E-state index contributed by atoms with van der Waals surface area (Å²) in [5.74, 6) is 0.0182. The van der Waals surface area contributed by atoms with Gasteiger partial charge in [-0.25, -0.2) is 9.78 Å². The predicted molar refractivity (Wildman–Crippen MR) is 101 cm³/mol. The van der Waals surface area contributed by atoms with Gasteiger partial charge in [0.25, 0.3) is 5.56 Å². The van der Waals surface area contributed by atoms with E-state index in [-0.39, 0.29) is 18.6 Å². The SMILES string of the molecule is CC[C@]1(O)C(=O)OCc2c1cc1n(c2=O)Cc2cc3cc(OC)ccc3nc2-1. The third-order valence-electron chi connectivity index (χ3n) is 5.71. The number of pyridine rings is 2. The highest BCUT2D eigenvalue weighted by atomic mass is 16.6. The molecule has 0 fully saturated rings. The molecule has 5 rings (SSSR count). The Bertz CT molecular complexity index is 1230. The molecule has 1 N–H and O–H groups in total. The van der Waals surface area contributed by atoms with Crippen LogP contribution < -0.4 is 10.3 Å². The van der Waals surface area contributed by atoms with Gasteiger partial charge in [-0.1, -0.05) is 6.92 Å². The van der Waals surface area contributed by atoms with Crippen molar-refractivity contribution in [3.8, 4) is 17.1 Å². The minimum Gasteiger partial charge on any atom is -0.497 e. The van der Waals surface area contributed by atoms with Crippen LogP contribution in [0, 0.1) is 0 Å². The van der Waals surface area contributed by atoms with E-state index >= 15 is 0 Å². The van der Waals surface area contributed by atoms with Crippen LogP contribution in [-0.4, -0.2) is 27.7 Å². The van der Waals surface area contributed by atoms with Crippen molar-refractivity contribution < 1.29 is 19.4 Å². The minimum absolute atomic E-state index is 0.125. The average molecular weight is 378 g/mol. The highest BCUT2D eigenvalue weighted by molar-refractivity contribution is 5.86. The number of rotatable bonds is 2. The Morgan fingerprint density at radius 3 is 2.86 bits per heavy atom. The van der Waals surface area contributed by atoms with Gasteiger partial charge in [-0.05, 0) is 36.8 Å². The van der Waals surface area contributed by atoms with Crippen LogP contribution in [0.2, 0.25) is 0 Å². The minimum atomic E-state index is -1.81. The number of carbonyl (C=O) groups is 1. The van der Waals surface area contributed by atoms with Gasteiger partial charge in [-0.15, -0.1) is 0 Å². The third-order valence-corrected chi connectivity index (χ3v) is 5.71. The van der Waals surface area contributed by atoms with Crippen molar-refractivity contribution >= 4 is 16.9 Å². The fourth-order valence-electron chi connectivity index (χ4n) is 4.09. The molecule has 1 atom stereocenters. The van der Waals surface area contributed by atoms with E-state index in [1.54, 1.807) is 24.7 Å². The summed E-state index contributed by atoms with van der Waals surface area (Å²) in [7, 11) is 1.61. The Hall–Kier alpha value is -3.19. The molecule has 7 nitrogen and oxygen atoms in total. The second-order valence-corrected chi connectivity index (χ2v) is 7.16. The lowest BCUT2D eigenvalue weighted by atomic mass is 9.86. The van der Waals surface area contributed by atoms with Crippen LogP contribution in [0.1, 0.15) is 30.0 Å². The molecule has 7 heteroatoms. The van der Waals surface area contributed by atoms with Gasteiger partial charge in [0.15, 0.2) is 5.60 Å². The van der Waals surface area contributed by atoms with Crippen LogP contribution in [0.3, 0.4) is 0 Å². The van der Waals surface area contributed by atoms with Gasteiger partial charge in [0.2, 0.25) is 0 Å². The Morgan fingerprint density at radius 1 is 1.29 bits per heavy atom. The highest BCUT2D eigenvalue weighted by Gasteiger charge is 2.45. The number of cyclic esters (lactones) is 1. The Labute approximate surface area is 160 Å². The molecule has 0 amide bonds. The second kappa shape index (κ2) is 5.65. The molecule has 28 heavy (non-hydrogen) atoms. The molecule has 0 saturated heterocycles. The zero-order valence-electron chi connectivity index (χ0n) is 15.5. The van der Waals surface area contributed by atoms with Crippen LogP contribution in [0.5, 0.6) is 5.75 Å². The Kier molecular flexibility index (Phi) is 3.42. The maximum absolute atomic E-state index is 13.1. The van der Waals surface area contributed by atoms with Gasteiger partial charge in [0.05, 0.1) is 36.1 Å². The molecular weight excluding hydrogens is 360 g/mol. The molecule has 0 aliphatic carbocycles. The summed E-state index contributed by atoms with van der Waals surface area (Å²) in [6, 6.07) is 9.33. The lowest BCUT2D eigenvalue weighted by Gasteiger charge is -2.31. The first-order valence-corrected chi connectivity index (χ1v) is 9.11. The third kappa shape index (κ3) is 2.10. The van der Waals surface area contributed by atoms with Crippen molar-refractivity contribution in [1.29, 1.82) is 0 Å². The normalized spacial score (nSPS) is 19.8. The van der Waals surface area contributed by atoms with E-state index < -0.39 is 11.6 Å². The van der Waals surface area contributed by atoms with Crippen LogP contribution in [-0.2, 0) is 28.3 Å². The molecule has 0 saturated carbocycles. The number of aliphatic hydroxyl groups is 1. The summed E-state index contributed by atoms with van der Waals surface area (Å²) in [5.41, 5.74) is 1.57. The summed E-state index contributed by atoms with van der Waals surface area (Å²) in [6.07, 6.45) is 0.125. The fraction of sp³-hybridized carbons (Fsp3) is 0.286. The number of benzene rings is 1. The van der Waals surface area contributed by atoms with Crippen LogP contribution in [0.4, 0.5) is 0 Å². The smallest absolute Gasteiger partial charge is 0.343 e. The largest absolute Gasteiger partial charge is 0.497 e. The molecule has 1 aromatic carbocycles. The summed E-state index contributed by atoms with van der Waals surface area (Å²) in [6.45, 7) is 1.95. The van der Waals surface area contributed by atoms with Gasteiger partial charge in [0, 0.05) is 16.5 Å². The van der Waals surface area contributed by atoms with Crippen LogP contribution in [0.15, 0.2) is 35.1 Å². The standard InChI is InChI=1S/C21H18N2O5/c1-3-21(26)15-8-17-18-12(6-11-7-13(27-2)4-5-16(11)22-18)9-23(17)19(24)14(15)10-28-20(21)25/h4-8,26H,3,9-10H2,1-2H3/t21-/m1/s1. The summed E-state index contributed by atoms with van der Waals surface area (Å²) >= 11 is 0. The van der Waals surface area contributed by atoms with Crippen molar-refractivity contribution in [3.05, 3.63) is 57.4 Å². The van der Waals surface area contributed by atoms with Crippen molar-refractivity contribution in [2.45, 2.75) is 32.1 Å². The summed E-state index contributed by atoms with van der Waals surface area (Å²) in [4.78, 5) is 30.0. The van der Waals surface area contributed by atoms with E-state index in [0.29, 0.717) is 29.1 Å². The Morgan fingerprint density at radius 2 is 2.11 bits per heavy atom. The molecule has 142 valence electrons. The predicted octanol–water partition coefficient (Wildman–Crippen LogP) is 2.09. The first kappa shape index (κ1) is 16.9. The van der Waals surface area contributed by atoms with Gasteiger partial charge < -0.3 is 19.1 Å². The highest BCUT2D eigenvalue weighted by Crippen LogP contribution is 2.38. The second-order valence-electron chi connectivity index (χ2n) is 7.16. The van der Waals surface area contributed by atoms with Crippen molar-refractivity contribution in [2.24, 2.45) is 0 Å². The number of ether oxygens (including phenoxy) is 2. The van der Waals surface area contributed by atoms with E-state index in [1.807, 2.05) is 24.3 Å². The number of methoxy groups -OCH3 is 1. The number of carbonyl (C=O) groups excluding carboxylic acids is 1. The zero-order valence-corrected chi connectivity index (χ0v) is 15.5. The maximum atomic E-state index is 13.1. The molecule has 4 heterocycles. The van der Waals surface area contributed by atoms with E-state index in [4.69, 9.17) is 14.5 Å². The number of hydrogen-bond donors (Lipinski definition) is 1.